The SMILES string of the molecule is CCCCCCCCCCCCCCCCCCCCC/C=C/C(O)C(CO)NC(=O)C(O)CCCCCCCCCCCCCCCCCCCCCCCCCCCCCCCCCCCC. The first-order chi connectivity index (χ1) is 34.1. The van der Waals surface area contributed by atoms with Gasteiger partial charge in [0.25, 0.3) is 0 Å². The van der Waals surface area contributed by atoms with Crippen LogP contribution in [0.4, 0.5) is 0 Å². The first kappa shape index (κ1) is 68.1. The summed E-state index contributed by atoms with van der Waals surface area (Å²) >= 11 is 0. The Morgan fingerprint density at radius 2 is 0.565 bits per heavy atom. The van der Waals surface area contributed by atoms with Crippen LogP contribution in [-0.4, -0.2) is 46.1 Å². The Morgan fingerprint density at radius 1 is 0.348 bits per heavy atom. The lowest BCUT2D eigenvalue weighted by Gasteiger charge is -2.21. The van der Waals surface area contributed by atoms with Crippen molar-refractivity contribution in [3.63, 3.8) is 0 Å². The fourth-order valence-electron chi connectivity index (χ4n) is 10.4. The number of unbranched alkanes of at least 4 members (excludes halogenated alkanes) is 52. The molecule has 0 heterocycles. The van der Waals surface area contributed by atoms with Gasteiger partial charge in [0.05, 0.1) is 18.8 Å². The van der Waals surface area contributed by atoms with Crippen LogP contribution in [-0.2, 0) is 4.79 Å². The monoisotopic (exact) mass is 974 g/mol. The molecule has 69 heavy (non-hydrogen) atoms. The number of hydrogen-bond acceptors (Lipinski definition) is 4. The molecule has 0 aliphatic carbocycles. The van der Waals surface area contributed by atoms with E-state index in [1.54, 1.807) is 6.08 Å². The number of rotatable bonds is 60. The lowest BCUT2D eigenvalue weighted by molar-refractivity contribution is -0.131. The minimum atomic E-state index is -1.09. The molecule has 3 atom stereocenters. The van der Waals surface area contributed by atoms with E-state index in [-0.39, 0.29) is 6.61 Å². The van der Waals surface area contributed by atoms with E-state index in [1.165, 1.54) is 315 Å². The minimum Gasteiger partial charge on any atom is -0.394 e. The zero-order chi connectivity index (χ0) is 50.0. The molecule has 0 radical (unpaired) electrons. The molecule has 0 aromatic heterocycles. The highest BCUT2D eigenvalue weighted by molar-refractivity contribution is 5.80. The number of carbonyl (C=O) groups excluding carboxylic acids is 1. The van der Waals surface area contributed by atoms with Crippen LogP contribution in [0.2, 0.25) is 0 Å². The van der Waals surface area contributed by atoms with Crippen LogP contribution in [0.25, 0.3) is 0 Å². The van der Waals surface area contributed by atoms with Crippen LogP contribution in [0.5, 0.6) is 0 Å². The Balaban J connectivity index is 3.46. The number of carbonyl (C=O) groups is 1. The smallest absolute Gasteiger partial charge is 0.249 e. The maximum atomic E-state index is 12.6. The molecule has 4 N–H and O–H groups in total. The van der Waals surface area contributed by atoms with Gasteiger partial charge in [0.2, 0.25) is 5.91 Å². The van der Waals surface area contributed by atoms with Gasteiger partial charge in [-0.25, -0.2) is 0 Å². The lowest BCUT2D eigenvalue weighted by atomic mass is 10.0. The van der Waals surface area contributed by atoms with Crippen molar-refractivity contribution < 1.29 is 20.1 Å². The molecule has 0 fully saturated rings. The van der Waals surface area contributed by atoms with Crippen molar-refractivity contribution in [2.24, 2.45) is 0 Å². The molecular formula is C64H127NO4. The maximum Gasteiger partial charge on any atom is 0.249 e. The van der Waals surface area contributed by atoms with Crippen molar-refractivity contribution in [3.05, 3.63) is 12.2 Å². The molecule has 3 unspecified atom stereocenters. The van der Waals surface area contributed by atoms with Gasteiger partial charge in [-0.2, -0.15) is 0 Å². The predicted octanol–water partition coefficient (Wildman–Crippen LogP) is 20.2. The van der Waals surface area contributed by atoms with Crippen molar-refractivity contribution in [3.8, 4) is 0 Å². The van der Waals surface area contributed by atoms with E-state index in [4.69, 9.17) is 0 Å². The number of nitrogens with one attached hydrogen (secondary N) is 1. The van der Waals surface area contributed by atoms with Crippen molar-refractivity contribution in [1.29, 1.82) is 0 Å². The van der Waals surface area contributed by atoms with Gasteiger partial charge in [-0.1, -0.05) is 360 Å². The summed E-state index contributed by atoms with van der Waals surface area (Å²) < 4.78 is 0. The summed E-state index contributed by atoms with van der Waals surface area (Å²) in [6.07, 6.45) is 76.2. The second kappa shape index (κ2) is 59.7. The third kappa shape index (κ3) is 54.7. The third-order valence-corrected chi connectivity index (χ3v) is 15.4. The molecule has 412 valence electrons. The number of amides is 1. The van der Waals surface area contributed by atoms with E-state index in [1.807, 2.05) is 6.08 Å². The molecule has 0 saturated carbocycles. The van der Waals surface area contributed by atoms with Gasteiger partial charge in [0, 0.05) is 0 Å². The predicted molar refractivity (Wildman–Crippen MR) is 305 cm³/mol. The van der Waals surface area contributed by atoms with Crippen molar-refractivity contribution in [2.45, 2.75) is 385 Å². The first-order valence-corrected chi connectivity index (χ1v) is 32.0. The third-order valence-electron chi connectivity index (χ3n) is 15.4. The molecule has 5 nitrogen and oxygen atoms in total. The van der Waals surface area contributed by atoms with Gasteiger partial charge >= 0.3 is 0 Å². The Bertz CT molecular complexity index is 987. The molecule has 0 rings (SSSR count). The van der Waals surface area contributed by atoms with Gasteiger partial charge < -0.3 is 20.6 Å². The van der Waals surface area contributed by atoms with E-state index in [0.717, 1.165) is 32.1 Å². The largest absolute Gasteiger partial charge is 0.394 e. The van der Waals surface area contributed by atoms with Gasteiger partial charge in [0.15, 0.2) is 0 Å². The van der Waals surface area contributed by atoms with Gasteiger partial charge in [-0.15, -0.1) is 0 Å². The Hall–Kier alpha value is -0.910. The number of aliphatic hydroxyl groups excluding tert-OH is 3. The average molecular weight is 975 g/mol. The van der Waals surface area contributed by atoms with E-state index in [0.29, 0.717) is 6.42 Å². The second-order valence-electron chi connectivity index (χ2n) is 22.3. The molecule has 0 saturated heterocycles. The van der Waals surface area contributed by atoms with Crippen LogP contribution in [0, 0.1) is 0 Å². The van der Waals surface area contributed by atoms with Crippen LogP contribution in [0.3, 0.4) is 0 Å². The minimum absolute atomic E-state index is 0.358. The Kier molecular flexibility index (Phi) is 58.9. The molecular weight excluding hydrogens is 847 g/mol. The molecule has 5 heteroatoms. The highest BCUT2D eigenvalue weighted by atomic mass is 16.3. The van der Waals surface area contributed by atoms with Crippen LogP contribution < -0.4 is 5.32 Å². The molecule has 0 aliphatic rings. The molecule has 0 aliphatic heterocycles. The number of hydrogen-bond donors (Lipinski definition) is 4. The average Bonchev–Trinajstić information content (AvgIpc) is 3.35. The van der Waals surface area contributed by atoms with E-state index in [2.05, 4.69) is 19.2 Å². The number of allylic oxidation sites excluding steroid dienone is 1. The topological polar surface area (TPSA) is 89.8 Å². The van der Waals surface area contributed by atoms with Gasteiger partial charge in [-0.3, -0.25) is 4.79 Å². The summed E-state index contributed by atoms with van der Waals surface area (Å²) in [6, 6.07) is -0.795. The summed E-state index contributed by atoms with van der Waals surface area (Å²) in [7, 11) is 0. The molecule has 0 bridgehead atoms. The molecule has 1 amide bonds. The standard InChI is InChI=1S/C64H127NO4/c1-3-5-7-9-11-13-15-17-19-21-23-25-26-27-28-29-30-31-32-33-34-35-36-37-39-41-43-45-47-49-51-53-55-57-59-63(68)64(69)65-61(60-66)62(67)58-56-54-52-50-48-46-44-42-40-38-24-22-20-18-16-14-12-10-8-6-4-2/h56,58,61-63,66-68H,3-55,57,59-60H2,1-2H3,(H,65,69)/b58-56+. The highest BCUT2D eigenvalue weighted by Gasteiger charge is 2.22. The lowest BCUT2D eigenvalue weighted by Crippen LogP contribution is -2.48. The fourth-order valence-corrected chi connectivity index (χ4v) is 10.4. The van der Waals surface area contributed by atoms with Crippen molar-refractivity contribution in [2.75, 3.05) is 6.61 Å². The van der Waals surface area contributed by atoms with Crippen molar-refractivity contribution in [1.82, 2.24) is 5.32 Å². The van der Waals surface area contributed by atoms with Crippen LogP contribution >= 0.6 is 0 Å². The van der Waals surface area contributed by atoms with E-state index < -0.39 is 24.2 Å². The Morgan fingerprint density at radius 3 is 0.797 bits per heavy atom. The maximum absolute atomic E-state index is 12.6. The normalized spacial score (nSPS) is 13.2. The second-order valence-corrected chi connectivity index (χ2v) is 22.3. The summed E-state index contributed by atoms with van der Waals surface area (Å²) in [5, 5.41) is 33.5. The van der Waals surface area contributed by atoms with Gasteiger partial charge in [0.1, 0.15) is 6.10 Å². The quantitative estimate of drug-likeness (QED) is 0.0361. The number of aliphatic hydroxyl groups is 3. The van der Waals surface area contributed by atoms with E-state index >= 15 is 0 Å². The van der Waals surface area contributed by atoms with Crippen LogP contribution in [0.1, 0.15) is 367 Å². The first-order valence-electron chi connectivity index (χ1n) is 32.0. The van der Waals surface area contributed by atoms with E-state index in [9.17, 15) is 20.1 Å². The summed E-state index contributed by atoms with van der Waals surface area (Å²) in [5.41, 5.74) is 0. The summed E-state index contributed by atoms with van der Waals surface area (Å²) in [4.78, 5) is 12.6. The van der Waals surface area contributed by atoms with Gasteiger partial charge in [-0.05, 0) is 19.3 Å². The summed E-state index contributed by atoms with van der Waals surface area (Å²) in [6.45, 7) is 4.23. The fraction of sp³-hybridized carbons (Fsp3) is 0.953. The molecule has 0 spiro atoms. The van der Waals surface area contributed by atoms with Crippen LogP contribution in [0.15, 0.2) is 12.2 Å². The molecule has 0 aromatic carbocycles. The van der Waals surface area contributed by atoms with Crippen molar-refractivity contribution >= 4 is 5.91 Å². The highest BCUT2D eigenvalue weighted by Crippen LogP contribution is 2.19. The zero-order valence-corrected chi connectivity index (χ0v) is 47.2. The Labute approximate surface area is 433 Å². The zero-order valence-electron chi connectivity index (χ0n) is 47.2. The summed E-state index contributed by atoms with van der Waals surface area (Å²) in [5.74, 6) is -0.494. The molecule has 0 aromatic rings.